The maximum Gasteiger partial charge on any atom is 0.272 e. The number of nitrogens with zero attached hydrogens (tertiary/aromatic N) is 2. The Morgan fingerprint density at radius 2 is 2.20 bits per heavy atom. The van der Waals surface area contributed by atoms with Crippen LogP contribution in [0.3, 0.4) is 0 Å². The highest BCUT2D eigenvalue weighted by molar-refractivity contribution is 5.92. The molecule has 0 aliphatic carbocycles. The van der Waals surface area contributed by atoms with Gasteiger partial charge in [-0.1, -0.05) is 19.1 Å². The molecule has 6 heteroatoms. The van der Waals surface area contributed by atoms with Gasteiger partial charge in [-0.2, -0.15) is 5.10 Å². The largest absolute Gasteiger partial charge is 0.397 e. The molecule has 0 spiro atoms. The number of anilines is 1. The third kappa shape index (κ3) is 2.97. The van der Waals surface area contributed by atoms with E-state index >= 15 is 0 Å². The lowest BCUT2D eigenvalue weighted by atomic mass is 10.2. The maximum atomic E-state index is 12.0. The average molecular weight is 274 g/mol. The van der Waals surface area contributed by atoms with E-state index in [1.54, 1.807) is 23.0 Å². The summed E-state index contributed by atoms with van der Waals surface area (Å²) < 4.78 is 1.56. The van der Waals surface area contributed by atoms with Gasteiger partial charge in [-0.15, -0.1) is 0 Å². The average Bonchev–Trinajstić information content (AvgIpc) is 2.94. The van der Waals surface area contributed by atoms with Crippen molar-refractivity contribution in [3.8, 4) is 5.69 Å². The van der Waals surface area contributed by atoms with Crippen LogP contribution in [0.1, 0.15) is 23.8 Å². The minimum Gasteiger partial charge on any atom is -0.397 e. The van der Waals surface area contributed by atoms with Crippen molar-refractivity contribution in [2.24, 2.45) is 0 Å². The lowest BCUT2D eigenvalue weighted by molar-refractivity contribution is 0.0909. The summed E-state index contributed by atoms with van der Waals surface area (Å²) in [5, 5.41) is 16.0. The van der Waals surface area contributed by atoms with E-state index in [9.17, 15) is 4.79 Å². The maximum absolute atomic E-state index is 12.0. The van der Waals surface area contributed by atoms with E-state index < -0.39 is 0 Å². The first-order valence-electron chi connectivity index (χ1n) is 6.48. The number of aromatic nitrogens is 2. The summed E-state index contributed by atoms with van der Waals surface area (Å²) in [6.45, 7) is 1.80. The number of aliphatic hydroxyl groups excluding tert-OH is 1. The molecule has 2 rings (SSSR count). The Balaban J connectivity index is 2.17. The molecule has 1 aromatic heterocycles. The number of hydrogen-bond donors (Lipinski definition) is 3. The highest BCUT2D eigenvalue weighted by Crippen LogP contribution is 2.15. The molecule has 1 heterocycles. The summed E-state index contributed by atoms with van der Waals surface area (Å²) in [7, 11) is 0. The SMILES string of the molecule is CC[C@H](CO)NC(=O)c1ccn(-c2ccccc2N)n1. The van der Waals surface area contributed by atoms with Crippen molar-refractivity contribution >= 4 is 11.6 Å². The highest BCUT2D eigenvalue weighted by atomic mass is 16.3. The van der Waals surface area contributed by atoms with Crippen LogP contribution in [0.4, 0.5) is 5.69 Å². The first kappa shape index (κ1) is 14.1. The van der Waals surface area contributed by atoms with Crippen LogP contribution < -0.4 is 11.1 Å². The molecule has 106 valence electrons. The zero-order valence-electron chi connectivity index (χ0n) is 11.3. The van der Waals surface area contributed by atoms with Crippen LogP contribution in [-0.2, 0) is 0 Å². The number of aliphatic hydroxyl groups is 1. The fraction of sp³-hybridized carbons (Fsp3) is 0.286. The van der Waals surface area contributed by atoms with E-state index in [2.05, 4.69) is 10.4 Å². The van der Waals surface area contributed by atoms with Gasteiger partial charge < -0.3 is 16.2 Å². The lowest BCUT2D eigenvalue weighted by Gasteiger charge is -2.12. The number of para-hydroxylation sites is 2. The molecular weight excluding hydrogens is 256 g/mol. The zero-order chi connectivity index (χ0) is 14.5. The molecule has 0 saturated heterocycles. The number of nitrogens with two attached hydrogens (primary N) is 1. The number of carbonyl (C=O) groups excluding carboxylic acids is 1. The molecular formula is C14H18N4O2. The normalized spacial score (nSPS) is 12.1. The Bertz CT molecular complexity index is 590. The monoisotopic (exact) mass is 274 g/mol. The second kappa shape index (κ2) is 6.21. The van der Waals surface area contributed by atoms with Crippen LogP contribution in [0.15, 0.2) is 36.5 Å². The third-order valence-corrected chi connectivity index (χ3v) is 3.05. The molecule has 0 saturated carbocycles. The van der Waals surface area contributed by atoms with E-state index in [1.807, 2.05) is 25.1 Å². The molecule has 1 amide bonds. The fourth-order valence-electron chi connectivity index (χ4n) is 1.81. The minimum absolute atomic E-state index is 0.0887. The van der Waals surface area contributed by atoms with Crippen molar-refractivity contribution in [1.29, 1.82) is 0 Å². The van der Waals surface area contributed by atoms with Gasteiger partial charge in [0.15, 0.2) is 5.69 Å². The molecule has 0 fully saturated rings. The minimum atomic E-state index is -0.306. The van der Waals surface area contributed by atoms with Crippen molar-refractivity contribution in [3.05, 3.63) is 42.2 Å². The fourth-order valence-corrected chi connectivity index (χ4v) is 1.81. The van der Waals surface area contributed by atoms with E-state index in [4.69, 9.17) is 10.8 Å². The summed E-state index contributed by atoms with van der Waals surface area (Å²) in [4.78, 5) is 12.0. The second-order valence-electron chi connectivity index (χ2n) is 4.47. The first-order valence-corrected chi connectivity index (χ1v) is 6.48. The number of hydrogen-bond acceptors (Lipinski definition) is 4. The predicted octanol–water partition coefficient (Wildman–Crippen LogP) is 0.955. The Labute approximate surface area is 117 Å². The third-order valence-electron chi connectivity index (χ3n) is 3.05. The van der Waals surface area contributed by atoms with Gasteiger partial charge in [-0.3, -0.25) is 4.79 Å². The molecule has 0 unspecified atom stereocenters. The Hall–Kier alpha value is -2.34. The number of benzene rings is 1. The van der Waals surface area contributed by atoms with Crippen LogP contribution in [0.5, 0.6) is 0 Å². The number of amides is 1. The standard InChI is InChI=1S/C14H18N4O2/c1-2-10(9-19)16-14(20)12-7-8-18(17-12)13-6-4-3-5-11(13)15/h3-8,10,19H,2,9,15H2,1H3,(H,16,20)/t10-/m1/s1. The summed E-state index contributed by atoms with van der Waals surface area (Å²) in [5.74, 6) is -0.306. The van der Waals surface area contributed by atoms with Gasteiger partial charge in [0.05, 0.1) is 24.0 Å². The molecule has 6 nitrogen and oxygen atoms in total. The van der Waals surface area contributed by atoms with Crippen LogP contribution in [0.2, 0.25) is 0 Å². The van der Waals surface area contributed by atoms with Crippen LogP contribution in [0, 0.1) is 0 Å². The van der Waals surface area contributed by atoms with Crippen molar-refractivity contribution in [1.82, 2.24) is 15.1 Å². The number of rotatable bonds is 5. The molecule has 20 heavy (non-hydrogen) atoms. The van der Waals surface area contributed by atoms with E-state index in [0.29, 0.717) is 17.8 Å². The number of nitrogen functional groups attached to an aromatic ring is 1. The molecule has 0 aliphatic rings. The molecule has 4 N–H and O–H groups in total. The summed E-state index contributed by atoms with van der Waals surface area (Å²) in [6, 6.07) is 8.65. The highest BCUT2D eigenvalue weighted by Gasteiger charge is 2.14. The predicted molar refractivity (Wildman–Crippen MR) is 76.6 cm³/mol. The van der Waals surface area contributed by atoms with E-state index in [0.717, 1.165) is 5.69 Å². The molecule has 0 aliphatic heterocycles. The number of carbonyl (C=O) groups is 1. The van der Waals surface area contributed by atoms with Crippen LogP contribution in [0.25, 0.3) is 5.69 Å². The van der Waals surface area contributed by atoms with Crippen LogP contribution >= 0.6 is 0 Å². The first-order chi connectivity index (χ1) is 9.65. The summed E-state index contributed by atoms with van der Waals surface area (Å²) in [6.07, 6.45) is 2.34. The second-order valence-corrected chi connectivity index (χ2v) is 4.47. The van der Waals surface area contributed by atoms with Gasteiger partial charge in [0.1, 0.15) is 0 Å². The van der Waals surface area contributed by atoms with Crippen molar-refractivity contribution in [2.75, 3.05) is 12.3 Å². The van der Waals surface area contributed by atoms with Gasteiger partial charge in [-0.05, 0) is 24.6 Å². The molecule has 0 bridgehead atoms. The van der Waals surface area contributed by atoms with Gasteiger partial charge in [-0.25, -0.2) is 4.68 Å². The molecule has 0 radical (unpaired) electrons. The van der Waals surface area contributed by atoms with E-state index in [1.165, 1.54) is 0 Å². The van der Waals surface area contributed by atoms with Gasteiger partial charge in [0.2, 0.25) is 0 Å². The molecule has 2 aromatic rings. The molecule has 1 atom stereocenters. The van der Waals surface area contributed by atoms with Crippen molar-refractivity contribution in [2.45, 2.75) is 19.4 Å². The van der Waals surface area contributed by atoms with Gasteiger partial charge in [0.25, 0.3) is 5.91 Å². The topological polar surface area (TPSA) is 93.2 Å². The quantitative estimate of drug-likeness (QED) is 0.708. The van der Waals surface area contributed by atoms with E-state index in [-0.39, 0.29) is 18.6 Å². The lowest BCUT2D eigenvalue weighted by Crippen LogP contribution is -2.37. The van der Waals surface area contributed by atoms with Crippen LogP contribution in [-0.4, -0.2) is 33.4 Å². The van der Waals surface area contributed by atoms with Crippen molar-refractivity contribution < 1.29 is 9.90 Å². The smallest absolute Gasteiger partial charge is 0.272 e. The van der Waals surface area contributed by atoms with Gasteiger partial charge >= 0.3 is 0 Å². The number of nitrogens with one attached hydrogen (secondary N) is 1. The molecule has 1 aromatic carbocycles. The zero-order valence-corrected chi connectivity index (χ0v) is 11.3. The van der Waals surface area contributed by atoms with Crippen molar-refractivity contribution in [3.63, 3.8) is 0 Å². The van der Waals surface area contributed by atoms with Gasteiger partial charge in [0, 0.05) is 6.20 Å². The Morgan fingerprint density at radius 1 is 1.45 bits per heavy atom. The Kier molecular flexibility index (Phi) is 4.37. The summed E-state index contributed by atoms with van der Waals surface area (Å²) >= 11 is 0. The Morgan fingerprint density at radius 3 is 2.85 bits per heavy atom. The summed E-state index contributed by atoms with van der Waals surface area (Å²) in [5.41, 5.74) is 7.47.